The molecule has 4 rings (SSSR count). The fraction of sp³-hybridized carbons (Fsp3) is 0.346. The van der Waals surface area contributed by atoms with Crippen molar-refractivity contribution in [3.63, 3.8) is 0 Å². The van der Waals surface area contributed by atoms with Gasteiger partial charge in [-0.3, -0.25) is 19.7 Å². The predicted octanol–water partition coefficient (Wildman–Crippen LogP) is 3.37. The lowest BCUT2D eigenvalue weighted by Crippen LogP contribution is -2.44. The highest BCUT2D eigenvalue weighted by Crippen LogP contribution is 2.23. The van der Waals surface area contributed by atoms with Crippen molar-refractivity contribution in [3.8, 4) is 0 Å². The van der Waals surface area contributed by atoms with Crippen LogP contribution in [0.15, 0.2) is 60.8 Å². The Kier molecular flexibility index (Phi) is 7.24. The summed E-state index contributed by atoms with van der Waals surface area (Å²) in [5.74, 6) is -0.00579. The number of morpholine rings is 1. The van der Waals surface area contributed by atoms with Crippen LogP contribution in [0.2, 0.25) is 0 Å². The van der Waals surface area contributed by atoms with Gasteiger partial charge in [-0.15, -0.1) is 0 Å². The molecule has 3 heterocycles. The monoisotopic (exact) mass is 430 g/mol. The first kappa shape index (κ1) is 22.1. The summed E-state index contributed by atoms with van der Waals surface area (Å²) in [7, 11) is 0. The van der Waals surface area contributed by atoms with Crippen molar-refractivity contribution in [1.29, 1.82) is 0 Å². The molecule has 1 aromatic carbocycles. The molecule has 1 fully saturated rings. The van der Waals surface area contributed by atoms with E-state index in [-0.39, 0.29) is 12.0 Å². The van der Waals surface area contributed by atoms with Crippen LogP contribution in [0.25, 0.3) is 0 Å². The van der Waals surface area contributed by atoms with Crippen LogP contribution in [0.3, 0.4) is 0 Å². The van der Waals surface area contributed by atoms with E-state index >= 15 is 0 Å². The Labute approximate surface area is 189 Å². The van der Waals surface area contributed by atoms with E-state index in [4.69, 9.17) is 9.72 Å². The van der Waals surface area contributed by atoms with Crippen LogP contribution in [0, 0.1) is 13.8 Å². The molecule has 0 radical (unpaired) electrons. The van der Waals surface area contributed by atoms with Gasteiger partial charge in [0.25, 0.3) is 0 Å². The van der Waals surface area contributed by atoms with Crippen molar-refractivity contribution in [3.05, 3.63) is 94.6 Å². The van der Waals surface area contributed by atoms with Crippen LogP contribution in [0.5, 0.6) is 0 Å². The number of aryl methyl sites for hydroxylation is 2. The van der Waals surface area contributed by atoms with Gasteiger partial charge in [0.05, 0.1) is 31.1 Å². The lowest BCUT2D eigenvalue weighted by atomic mass is 9.99. The Morgan fingerprint density at radius 3 is 2.81 bits per heavy atom. The van der Waals surface area contributed by atoms with E-state index in [1.165, 1.54) is 16.7 Å². The number of aromatic nitrogens is 2. The summed E-state index contributed by atoms with van der Waals surface area (Å²) < 4.78 is 6.04. The first-order valence-electron chi connectivity index (χ1n) is 11.1. The molecular weight excluding hydrogens is 400 g/mol. The lowest BCUT2D eigenvalue weighted by Gasteiger charge is -2.32. The van der Waals surface area contributed by atoms with Crippen LogP contribution < -0.4 is 5.32 Å². The summed E-state index contributed by atoms with van der Waals surface area (Å²) in [6, 6.07) is 18.4. The fourth-order valence-corrected chi connectivity index (χ4v) is 4.04. The van der Waals surface area contributed by atoms with E-state index in [0.717, 1.165) is 30.0 Å². The van der Waals surface area contributed by atoms with Gasteiger partial charge in [-0.1, -0.05) is 30.3 Å². The maximum Gasteiger partial charge on any atom is 0.234 e. The molecule has 166 valence electrons. The van der Waals surface area contributed by atoms with Gasteiger partial charge >= 0.3 is 0 Å². The summed E-state index contributed by atoms with van der Waals surface area (Å²) in [6.07, 6.45) is 2.47. The molecular formula is C26H30N4O2. The normalized spacial score (nSPS) is 16.6. The Balaban J connectivity index is 1.38. The van der Waals surface area contributed by atoms with E-state index in [0.29, 0.717) is 26.2 Å². The molecule has 0 bridgehead atoms. The second-order valence-corrected chi connectivity index (χ2v) is 8.34. The summed E-state index contributed by atoms with van der Waals surface area (Å²) in [4.78, 5) is 23.6. The molecule has 0 saturated carbocycles. The zero-order chi connectivity index (χ0) is 22.3. The third kappa shape index (κ3) is 5.99. The minimum atomic E-state index is -0.136. The zero-order valence-corrected chi connectivity index (χ0v) is 18.8. The summed E-state index contributed by atoms with van der Waals surface area (Å²) in [6.45, 7) is 6.92. The number of nitrogens with zero attached hydrogens (tertiary/aromatic N) is 3. The molecule has 6 nitrogen and oxygen atoms in total. The molecule has 1 atom stereocenters. The van der Waals surface area contributed by atoms with Crippen molar-refractivity contribution in [1.82, 2.24) is 20.2 Å². The number of benzene rings is 1. The second-order valence-electron chi connectivity index (χ2n) is 8.34. The molecule has 1 aliphatic rings. The SMILES string of the molecule is Cc1cc(Cc2ccccc2C)cc([C@@H]2CN(CC(=O)NCc3ccccn3)CCO2)n1. The standard InChI is InChI=1S/C26H30N4O2/c1-19-7-3-4-8-22(19)14-21-13-20(2)29-24(15-21)25-17-30(11-12-32-25)18-26(31)28-16-23-9-5-6-10-27-23/h3-10,13,15,25H,11-12,14,16-18H2,1-2H3,(H,28,31)/t25-/m0/s1. The Hall–Kier alpha value is -3.09. The van der Waals surface area contributed by atoms with E-state index in [2.05, 4.69) is 58.5 Å². The zero-order valence-electron chi connectivity index (χ0n) is 18.8. The van der Waals surface area contributed by atoms with Gasteiger partial charge in [0.2, 0.25) is 5.91 Å². The van der Waals surface area contributed by atoms with Gasteiger partial charge < -0.3 is 10.1 Å². The van der Waals surface area contributed by atoms with Gasteiger partial charge in [-0.25, -0.2) is 0 Å². The maximum atomic E-state index is 12.4. The number of ether oxygens (including phenoxy) is 1. The Morgan fingerprint density at radius 2 is 2.00 bits per heavy atom. The summed E-state index contributed by atoms with van der Waals surface area (Å²) >= 11 is 0. The van der Waals surface area contributed by atoms with Crippen molar-refractivity contribution in [2.45, 2.75) is 32.9 Å². The quantitative estimate of drug-likeness (QED) is 0.623. The number of hydrogen-bond donors (Lipinski definition) is 1. The number of pyridine rings is 2. The number of carbonyl (C=O) groups is 1. The molecule has 1 N–H and O–H groups in total. The number of amides is 1. The number of hydrogen-bond acceptors (Lipinski definition) is 5. The Bertz CT molecular complexity index is 1050. The van der Waals surface area contributed by atoms with Crippen LogP contribution in [-0.4, -0.2) is 47.0 Å². The first-order chi connectivity index (χ1) is 15.6. The Morgan fingerprint density at radius 1 is 1.16 bits per heavy atom. The summed E-state index contributed by atoms with van der Waals surface area (Å²) in [5, 5.41) is 2.95. The molecule has 1 saturated heterocycles. The van der Waals surface area contributed by atoms with E-state index in [9.17, 15) is 4.79 Å². The maximum absolute atomic E-state index is 12.4. The van der Waals surface area contributed by atoms with Crippen LogP contribution in [0.1, 0.15) is 39.9 Å². The lowest BCUT2D eigenvalue weighted by molar-refractivity contribution is -0.124. The molecule has 32 heavy (non-hydrogen) atoms. The summed E-state index contributed by atoms with van der Waals surface area (Å²) in [5.41, 5.74) is 6.62. The van der Waals surface area contributed by atoms with Gasteiger partial charge in [0, 0.05) is 25.0 Å². The van der Waals surface area contributed by atoms with Crippen LogP contribution >= 0.6 is 0 Å². The number of rotatable bonds is 7. The second kappa shape index (κ2) is 10.5. The highest BCUT2D eigenvalue weighted by molar-refractivity contribution is 5.77. The van der Waals surface area contributed by atoms with E-state index in [1.807, 2.05) is 25.1 Å². The van der Waals surface area contributed by atoms with Crippen LogP contribution in [0.4, 0.5) is 0 Å². The molecule has 0 spiro atoms. The highest BCUT2D eigenvalue weighted by Gasteiger charge is 2.25. The van der Waals surface area contributed by atoms with Gasteiger partial charge in [-0.2, -0.15) is 0 Å². The van der Waals surface area contributed by atoms with E-state index in [1.54, 1.807) is 6.20 Å². The topological polar surface area (TPSA) is 67.4 Å². The largest absolute Gasteiger partial charge is 0.369 e. The van der Waals surface area contributed by atoms with Crippen molar-refractivity contribution >= 4 is 5.91 Å². The number of nitrogens with one attached hydrogen (secondary N) is 1. The molecule has 2 aromatic heterocycles. The molecule has 6 heteroatoms. The minimum Gasteiger partial charge on any atom is -0.369 e. The first-order valence-corrected chi connectivity index (χ1v) is 11.1. The van der Waals surface area contributed by atoms with Crippen molar-refractivity contribution < 1.29 is 9.53 Å². The smallest absolute Gasteiger partial charge is 0.234 e. The molecule has 1 aliphatic heterocycles. The van der Waals surface area contributed by atoms with Crippen LogP contribution in [-0.2, 0) is 22.5 Å². The number of carbonyl (C=O) groups excluding carboxylic acids is 1. The van der Waals surface area contributed by atoms with Gasteiger partial charge in [0.15, 0.2) is 0 Å². The molecule has 0 aliphatic carbocycles. The minimum absolute atomic E-state index is 0.00579. The van der Waals surface area contributed by atoms with Crippen molar-refractivity contribution in [2.24, 2.45) is 0 Å². The average Bonchev–Trinajstić information content (AvgIpc) is 2.80. The highest BCUT2D eigenvalue weighted by atomic mass is 16.5. The molecule has 3 aromatic rings. The molecule has 0 unspecified atom stereocenters. The van der Waals surface area contributed by atoms with Gasteiger partial charge in [-0.05, 0) is 61.2 Å². The molecule has 1 amide bonds. The average molecular weight is 431 g/mol. The fourth-order valence-electron chi connectivity index (χ4n) is 4.04. The predicted molar refractivity (Wildman–Crippen MR) is 124 cm³/mol. The van der Waals surface area contributed by atoms with Crippen molar-refractivity contribution in [2.75, 3.05) is 26.2 Å². The van der Waals surface area contributed by atoms with Gasteiger partial charge in [0.1, 0.15) is 6.10 Å². The third-order valence-corrected chi connectivity index (χ3v) is 5.73. The van der Waals surface area contributed by atoms with E-state index < -0.39 is 0 Å². The third-order valence-electron chi connectivity index (χ3n) is 5.73.